The van der Waals surface area contributed by atoms with Crippen molar-refractivity contribution < 1.29 is 31.5 Å². The number of ether oxygens (including phenoxy) is 1. The maximum Gasteiger partial charge on any atom is 0.267 e. The highest BCUT2D eigenvalue weighted by atomic mass is 35.5. The van der Waals surface area contributed by atoms with Gasteiger partial charge >= 0.3 is 0 Å². The lowest BCUT2D eigenvalue weighted by Crippen LogP contribution is -2.68. The summed E-state index contributed by atoms with van der Waals surface area (Å²) in [5, 5.41) is 0.144. The van der Waals surface area contributed by atoms with Crippen molar-refractivity contribution in [2.75, 3.05) is 32.8 Å². The van der Waals surface area contributed by atoms with Crippen LogP contribution < -0.4 is 0 Å². The lowest BCUT2D eigenvalue weighted by molar-refractivity contribution is -0.154. The van der Waals surface area contributed by atoms with Gasteiger partial charge in [-0.1, -0.05) is 29.3 Å². The van der Waals surface area contributed by atoms with Gasteiger partial charge in [-0.15, -0.1) is 0 Å². The number of amides is 2. The summed E-state index contributed by atoms with van der Waals surface area (Å²) in [5.41, 5.74) is 0.267. The second-order valence-corrected chi connectivity index (χ2v) is 13.0. The molecule has 14 heteroatoms. The fraction of sp³-hybridized carbons (Fsp3) is 0.407. The van der Waals surface area contributed by atoms with E-state index in [9.17, 15) is 26.8 Å². The van der Waals surface area contributed by atoms with Crippen LogP contribution in [0.4, 0.5) is 8.78 Å². The Bertz CT molecular complexity index is 1520. The zero-order valence-electron chi connectivity index (χ0n) is 22.3. The number of rotatable bonds is 6. The van der Waals surface area contributed by atoms with Crippen molar-refractivity contribution in [3.05, 3.63) is 75.7 Å². The van der Waals surface area contributed by atoms with Gasteiger partial charge in [0.05, 0.1) is 24.8 Å². The van der Waals surface area contributed by atoms with Crippen LogP contribution in [0.2, 0.25) is 10.0 Å². The summed E-state index contributed by atoms with van der Waals surface area (Å²) in [5.74, 6) is -3.14. The Hall–Kier alpha value is -2.77. The molecule has 3 aliphatic rings. The minimum Gasteiger partial charge on any atom is -0.379 e. The zero-order valence-corrected chi connectivity index (χ0v) is 24.6. The number of carbonyl (C=O) groups is 2. The van der Waals surface area contributed by atoms with Crippen LogP contribution in [0.15, 0.2) is 53.3 Å². The number of benzene rings is 2. The van der Waals surface area contributed by atoms with Crippen LogP contribution in [0.25, 0.3) is 0 Å². The number of sulfonamides is 1. The van der Waals surface area contributed by atoms with Crippen LogP contribution >= 0.6 is 23.2 Å². The summed E-state index contributed by atoms with van der Waals surface area (Å²) in [6, 6.07) is 4.68. The monoisotopic (exact) mass is 628 g/mol. The first-order valence-electron chi connectivity index (χ1n) is 13.0. The van der Waals surface area contributed by atoms with Crippen molar-refractivity contribution in [1.82, 2.24) is 19.0 Å². The SMILES string of the molecule is CC(C)N1C=C2N(C(=O)C(N3CCOCC3)CN2S(=O)(=O)c2ccc(Cl)cc2Cl)C(Cc2ccc(F)c(F)c2)C1=O. The third-order valence-electron chi connectivity index (χ3n) is 7.39. The summed E-state index contributed by atoms with van der Waals surface area (Å²) < 4.78 is 62.7. The molecule has 2 amide bonds. The van der Waals surface area contributed by atoms with Gasteiger partial charge in [0.2, 0.25) is 11.8 Å². The molecule has 0 aliphatic carbocycles. The van der Waals surface area contributed by atoms with Crippen LogP contribution in [0.5, 0.6) is 0 Å². The molecule has 0 saturated carbocycles. The number of hydrogen-bond acceptors (Lipinski definition) is 6. The molecule has 2 atom stereocenters. The van der Waals surface area contributed by atoms with Crippen molar-refractivity contribution in [3.63, 3.8) is 0 Å². The first-order chi connectivity index (χ1) is 19.4. The first-order valence-corrected chi connectivity index (χ1v) is 15.2. The van der Waals surface area contributed by atoms with Crippen molar-refractivity contribution in [3.8, 4) is 0 Å². The lowest BCUT2D eigenvalue weighted by atomic mass is 9.98. The maximum atomic E-state index is 14.2. The number of nitrogens with zero attached hydrogens (tertiary/aromatic N) is 4. The van der Waals surface area contributed by atoms with E-state index in [2.05, 4.69) is 0 Å². The van der Waals surface area contributed by atoms with Gasteiger partial charge in [-0.2, -0.15) is 0 Å². The molecule has 9 nitrogen and oxygen atoms in total. The first kappa shape index (κ1) is 29.7. The molecular formula is C27H28Cl2F2N4O5S. The molecule has 2 aromatic rings. The molecular weight excluding hydrogens is 601 g/mol. The van der Waals surface area contributed by atoms with Crippen LogP contribution in [-0.2, 0) is 30.8 Å². The van der Waals surface area contributed by atoms with Crippen LogP contribution in [0.1, 0.15) is 19.4 Å². The Balaban J connectivity index is 1.66. The van der Waals surface area contributed by atoms with Crippen molar-refractivity contribution >= 4 is 45.0 Å². The van der Waals surface area contributed by atoms with E-state index in [1.165, 1.54) is 40.3 Å². The van der Waals surface area contributed by atoms with Gasteiger partial charge in [0.15, 0.2) is 11.6 Å². The highest BCUT2D eigenvalue weighted by molar-refractivity contribution is 7.89. The zero-order chi connectivity index (χ0) is 29.6. The molecule has 0 bridgehead atoms. The third-order valence-corrected chi connectivity index (χ3v) is 9.88. The van der Waals surface area contributed by atoms with E-state index < -0.39 is 51.6 Å². The van der Waals surface area contributed by atoms with Crippen LogP contribution in [0, 0.1) is 11.6 Å². The Morgan fingerprint density at radius 2 is 1.71 bits per heavy atom. The minimum atomic E-state index is -4.37. The second-order valence-electron chi connectivity index (χ2n) is 10.3. The van der Waals surface area contributed by atoms with E-state index in [1.54, 1.807) is 13.8 Å². The highest BCUT2D eigenvalue weighted by Crippen LogP contribution is 2.37. The maximum absolute atomic E-state index is 14.2. The second kappa shape index (κ2) is 11.5. The Labute approximate surface area is 246 Å². The average Bonchev–Trinajstić information content (AvgIpc) is 2.92. The molecule has 41 heavy (non-hydrogen) atoms. The summed E-state index contributed by atoms with van der Waals surface area (Å²) in [6.45, 7) is 4.70. The summed E-state index contributed by atoms with van der Waals surface area (Å²) in [4.78, 5) is 32.1. The van der Waals surface area contributed by atoms with Gasteiger partial charge in [-0.3, -0.25) is 19.4 Å². The van der Waals surface area contributed by atoms with Gasteiger partial charge < -0.3 is 9.64 Å². The van der Waals surface area contributed by atoms with Gasteiger partial charge in [-0.25, -0.2) is 21.5 Å². The molecule has 0 radical (unpaired) electrons. The fourth-order valence-corrected chi connectivity index (χ4v) is 7.49. The molecule has 5 rings (SSSR count). The predicted molar refractivity (Wildman–Crippen MR) is 147 cm³/mol. The van der Waals surface area contributed by atoms with Gasteiger partial charge in [0.25, 0.3) is 10.0 Å². The number of hydrogen-bond donors (Lipinski definition) is 0. The number of morpholine rings is 1. The fourth-order valence-electron chi connectivity index (χ4n) is 5.29. The third kappa shape index (κ3) is 5.55. The topological polar surface area (TPSA) is 90.5 Å². The largest absolute Gasteiger partial charge is 0.379 e. The van der Waals surface area contributed by atoms with E-state index in [1.807, 2.05) is 4.90 Å². The van der Waals surface area contributed by atoms with E-state index in [0.717, 1.165) is 16.4 Å². The van der Waals surface area contributed by atoms with Crippen molar-refractivity contribution in [1.29, 1.82) is 0 Å². The standard InChI is InChI=1S/C27H28Cl2F2N4O5S/c1-16(2)33-15-25-34(41(38,39)24-6-4-18(28)13-19(24)29)14-23(32-7-9-40-10-8-32)27(37)35(25)22(26(33)36)12-17-3-5-20(30)21(31)11-17/h3-6,11,13,15-16,22-23H,7-10,12,14H2,1-2H3. The number of carbonyl (C=O) groups excluding carboxylic acids is 2. The highest BCUT2D eigenvalue weighted by Gasteiger charge is 2.51. The Morgan fingerprint density at radius 1 is 1.00 bits per heavy atom. The van der Waals surface area contributed by atoms with E-state index in [-0.39, 0.29) is 39.3 Å². The van der Waals surface area contributed by atoms with Crippen LogP contribution in [0.3, 0.4) is 0 Å². The van der Waals surface area contributed by atoms with Crippen molar-refractivity contribution in [2.45, 2.75) is 43.3 Å². The van der Waals surface area contributed by atoms with Gasteiger partial charge in [-0.05, 0) is 49.7 Å². The molecule has 3 heterocycles. The predicted octanol–water partition coefficient (Wildman–Crippen LogP) is 3.47. The molecule has 0 N–H and O–H groups in total. The lowest BCUT2D eigenvalue weighted by Gasteiger charge is -2.51. The molecule has 2 aromatic carbocycles. The van der Waals surface area contributed by atoms with Crippen LogP contribution in [-0.4, -0.2) is 90.2 Å². The minimum absolute atomic E-state index is 0.0357. The molecule has 220 valence electrons. The molecule has 3 aliphatic heterocycles. The molecule has 0 spiro atoms. The normalized spacial score (nSPS) is 22.3. The quantitative estimate of drug-likeness (QED) is 0.487. The average molecular weight is 630 g/mol. The summed E-state index contributed by atoms with van der Waals surface area (Å²) >= 11 is 12.4. The summed E-state index contributed by atoms with van der Waals surface area (Å²) in [6.07, 6.45) is 1.18. The molecule has 2 fully saturated rings. The van der Waals surface area contributed by atoms with E-state index >= 15 is 0 Å². The van der Waals surface area contributed by atoms with Gasteiger partial charge in [0.1, 0.15) is 22.8 Å². The van der Waals surface area contributed by atoms with E-state index in [4.69, 9.17) is 27.9 Å². The van der Waals surface area contributed by atoms with Gasteiger partial charge in [0, 0.05) is 36.8 Å². The summed E-state index contributed by atoms with van der Waals surface area (Å²) in [7, 11) is -4.37. The smallest absolute Gasteiger partial charge is 0.267 e. The molecule has 2 saturated heterocycles. The molecule has 0 aromatic heterocycles. The molecule has 2 unspecified atom stereocenters. The number of halogens is 4. The van der Waals surface area contributed by atoms with Crippen molar-refractivity contribution in [2.24, 2.45) is 0 Å². The van der Waals surface area contributed by atoms with E-state index in [0.29, 0.717) is 26.3 Å². The number of fused-ring (bicyclic) bond motifs is 1. The Morgan fingerprint density at radius 3 is 2.34 bits per heavy atom. The Kier molecular flexibility index (Phi) is 8.32.